The number of hydrogen-bond donors (Lipinski definition) is 0. The van der Waals surface area contributed by atoms with E-state index in [2.05, 4.69) is 15.9 Å². The molecule has 0 fully saturated rings. The van der Waals surface area contributed by atoms with Crippen LogP contribution in [0.4, 0.5) is 0 Å². The van der Waals surface area contributed by atoms with Crippen molar-refractivity contribution < 1.29 is 14.2 Å². The number of rotatable bonds is 5. The zero-order valence-electron chi connectivity index (χ0n) is 13.0. The Bertz CT molecular complexity index is 816. The average Bonchev–Trinajstić information content (AvgIpc) is 2.60. The SMILES string of the molecule is COc1cc(Br)c(OC)c2c(OCc3ccccc3)cccc12. The van der Waals surface area contributed by atoms with Crippen LogP contribution >= 0.6 is 15.9 Å². The van der Waals surface area contributed by atoms with Gasteiger partial charge in [-0.1, -0.05) is 42.5 Å². The molecule has 0 heterocycles. The lowest BCUT2D eigenvalue weighted by Gasteiger charge is -2.16. The first kappa shape index (κ1) is 15.7. The summed E-state index contributed by atoms with van der Waals surface area (Å²) in [5.41, 5.74) is 1.12. The minimum atomic E-state index is 0.498. The van der Waals surface area contributed by atoms with Gasteiger partial charge in [0.1, 0.15) is 23.9 Å². The fraction of sp³-hybridized carbons (Fsp3) is 0.158. The van der Waals surface area contributed by atoms with Crippen LogP contribution in [0.1, 0.15) is 5.56 Å². The quantitative estimate of drug-likeness (QED) is 0.615. The summed E-state index contributed by atoms with van der Waals surface area (Å²) in [6.07, 6.45) is 0. The molecule has 0 atom stereocenters. The first-order chi connectivity index (χ1) is 11.2. The normalized spacial score (nSPS) is 10.6. The molecule has 0 aromatic heterocycles. The van der Waals surface area contributed by atoms with Crippen molar-refractivity contribution in [2.24, 2.45) is 0 Å². The van der Waals surface area contributed by atoms with E-state index >= 15 is 0 Å². The van der Waals surface area contributed by atoms with Crippen LogP contribution in [-0.2, 0) is 6.61 Å². The van der Waals surface area contributed by atoms with E-state index in [1.807, 2.05) is 54.6 Å². The average molecular weight is 373 g/mol. The predicted molar refractivity (Wildman–Crippen MR) is 95.5 cm³/mol. The number of benzene rings is 3. The standard InChI is InChI=1S/C19H17BrO3/c1-21-17-11-15(20)19(22-2)18-14(17)9-6-10-16(18)23-12-13-7-4-3-5-8-13/h3-11H,12H2,1-2H3. The lowest BCUT2D eigenvalue weighted by molar-refractivity contribution is 0.308. The van der Waals surface area contributed by atoms with Crippen molar-refractivity contribution >= 4 is 26.7 Å². The van der Waals surface area contributed by atoms with Gasteiger partial charge in [0.25, 0.3) is 0 Å². The van der Waals surface area contributed by atoms with Crippen LogP contribution in [0.5, 0.6) is 17.2 Å². The van der Waals surface area contributed by atoms with Crippen LogP contribution < -0.4 is 14.2 Å². The number of methoxy groups -OCH3 is 2. The molecule has 118 valence electrons. The zero-order chi connectivity index (χ0) is 16.2. The van der Waals surface area contributed by atoms with Crippen LogP contribution in [-0.4, -0.2) is 14.2 Å². The third-order valence-corrected chi connectivity index (χ3v) is 4.24. The maximum Gasteiger partial charge on any atom is 0.144 e. The molecule has 0 aliphatic carbocycles. The Morgan fingerprint density at radius 2 is 1.65 bits per heavy atom. The Balaban J connectivity index is 2.08. The van der Waals surface area contributed by atoms with Gasteiger partial charge in [0, 0.05) is 5.39 Å². The second-order valence-electron chi connectivity index (χ2n) is 5.05. The Hall–Kier alpha value is -2.20. The van der Waals surface area contributed by atoms with E-state index in [1.165, 1.54) is 0 Å². The van der Waals surface area contributed by atoms with E-state index < -0.39 is 0 Å². The van der Waals surface area contributed by atoms with Gasteiger partial charge in [0.05, 0.1) is 24.1 Å². The highest BCUT2D eigenvalue weighted by Gasteiger charge is 2.16. The van der Waals surface area contributed by atoms with Gasteiger partial charge < -0.3 is 14.2 Å². The molecule has 0 spiro atoms. The molecule has 0 aliphatic rings. The van der Waals surface area contributed by atoms with Crippen LogP contribution in [0.25, 0.3) is 10.8 Å². The molecule has 3 aromatic rings. The molecule has 0 radical (unpaired) electrons. The summed E-state index contributed by atoms with van der Waals surface area (Å²) in [5.74, 6) is 2.28. The largest absolute Gasteiger partial charge is 0.496 e. The lowest BCUT2D eigenvalue weighted by atomic mass is 10.1. The van der Waals surface area contributed by atoms with E-state index in [-0.39, 0.29) is 0 Å². The van der Waals surface area contributed by atoms with E-state index in [0.717, 1.165) is 38.1 Å². The minimum Gasteiger partial charge on any atom is -0.496 e. The Kier molecular flexibility index (Phi) is 4.72. The van der Waals surface area contributed by atoms with E-state index in [0.29, 0.717) is 6.61 Å². The molecule has 4 heteroatoms. The topological polar surface area (TPSA) is 27.7 Å². The molecule has 23 heavy (non-hydrogen) atoms. The molecule has 3 aromatic carbocycles. The molecule has 3 nitrogen and oxygen atoms in total. The third-order valence-electron chi connectivity index (χ3n) is 3.65. The van der Waals surface area contributed by atoms with Crippen molar-refractivity contribution in [2.75, 3.05) is 14.2 Å². The molecule has 0 N–H and O–H groups in total. The minimum absolute atomic E-state index is 0.498. The molecule has 3 rings (SSSR count). The number of ether oxygens (including phenoxy) is 3. The number of hydrogen-bond acceptors (Lipinski definition) is 3. The maximum atomic E-state index is 6.05. The summed E-state index contributed by atoms with van der Waals surface area (Å²) in [6, 6.07) is 17.9. The van der Waals surface area contributed by atoms with Crippen molar-refractivity contribution in [2.45, 2.75) is 6.61 Å². The lowest BCUT2D eigenvalue weighted by Crippen LogP contribution is -1.98. The van der Waals surface area contributed by atoms with Gasteiger partial charge in [-0.2, -0.15) is 0 Å². The number of halogens is 1. The highest BCUT2D eigenvalue weighted by Crippen LogP contribution is 2.44. The van der Waals surface area contributed by atoms with Crippen LogP contribution in [0, 0.1) is 0 Å². The van der Waals surface area contributed by atoms with E-state index in [9.17, 15) is 0 Å². The number of fused-ring (bicyclic) bond motifs is 1. The first-order valence-electron chi connectivity index (χ1n) is 7.24. The zero-order valence-corrected chi connectivity index (χ0v) is 14.6. The van der Waals surface area contributed by atoms with Crippen molar-refractivity contribution in [1.29, 1.82) is 0 Å². The van der Waals surface area contributed by atoms with Crippen molar-refractivity contribution in [3.8, 4) is 17.2 Å². The second-order valence-corrected chi connectivity index (χ2v) is 5.90. The summed E-state index contributed by atoms with van der Waals surface area (Å²) in [4.78, 5) is 0. The van der Waals surface area contributed by atoms with Crippen molar-refractivity contribution in [3.05, 3.63) is 64.6 Å². The van der Waals surface area contributed by atoms with Gasteiger partial charge in [-0.05, 0) is 33.6 Å². The Labute approximate surface area is 143 Å². The van der Waals surface area contributed by atoms with Crippen LogP contribution in [0.3, 0.4) is 0 Å². The monoisotopic (exact) mass is 372 g/mol. The molecular formula is C19H17BrO3. The fourth-order valence-electron chi connectivity index (χ4n) is 2.57. The van der Waals surface area contributed by atoms with Gasteiger partial charge in [0.2, 0.25) is 0 Å². The summed E-state index contributed by atoms with van der Waals surface area (Å²) in [5, 5.41) is 1.86. The summed E-state index contributed by atoms with van der Waals surface area (Å²) in [6.45, 7) is 0.498. The van der Waals surface area contributed by atoms with Gasteiger partial charge in [0.15, 0.2) is 0 Å². The third kappa shape index (κ3) is 3.13. The van der Waals surface area contributed by atoms with Crippen molar-refractivity contribution in [3.63, 3.8) is 0 Å². The van der Waals surface area contributed by atoms with E-state index in [4.69, 9.17) is 14.2 Å². The highest BCUT2D eigenvalue weighted by atomic mass is 79.9. The summed E-state index contributed by atoms with van der Waals surface area (Å²) < 4.78 is 17.9. The maximum absolute atomic E-state index is 6.05. The van der Waals surface area contributed by atoms with Crippen LogP contribution in [0.2, 0.25) is 0 Å². The van der Waals surface area contributed by atoms with Gasteiger partial charge >= 0.3 is 0 Å². The predicted octanol–water partition coefficient (Wildman–Crippen LogP) is 5.20. The Morgan fingerprint density at radius 3 is 2.35 bits per heavy atom. The highest BCUT2D eigenvalue weighted by molar-refractivity contribution is 9.10. The van der Waals surface area contributed by atoms with Gasteiger partial charge in [-0.3, -0.25) is 0 Å². The summed E-state index contributed by atoms with van der Waals surface area (Å²) in [7, 11) is 3.31. The van der Waals surface area contributed by atoms with Crippen LogP contribution in [0.15, 0.2) is 59.1 Å². The van der Waals surface area contributed by atoms with Gasteiger partial charge in [-0.25, -0.2) is 0 Å². The first-order valence-corrected chi connectivity index (χ1v) is 8.04. The second kappa shape index (κ2) is 6.92. The molecule has 0 bridgehead atoms. The molecule has 0 aliphatic heterocycles. The fourth-order valence-corrected chi connectivity index (χ4v) is 3.14. The summed E-state index contributed by atoms with van der Waals surface area (Å²) >= 11 is 3.54. The Morgan fingerprint density at radius 1 is 0.870 bits per heavy atom. The molecular weight excluding hydrogens is 356 g/mol. The molecule has 0 saturated carbocycles. The molecule has 0 unspecified atom stereocenters. The van der Waals surface area contributed by atoms with E-state index in [1.54, 1.807) is 14.2 Å². The molecule has 0 amide bonds. The molecule has 0 saturated heterocycles. The van der Waals surface area contributed by atoms with Crippen molar-refractivity contribution in [1.82, 2.24) is 0 Å². The van der Waals surface area contributed by atoms with Gasteiger partial charge in [-0.15, -0.1) is 0 Å². The smallest absolute Gasteiger partial charge is 0.144 e.